The Kier molecular flexibility index (Phi) is 4.79. The van der Waals surface area contributed by atoms with E-state index >= 15 is 0 Å². The topological polar surface area (TPSA) is 53.7 Å². The lowest BCUT2D eigenvalue weighted by Gasteiger charge is -2.11. The molecular formula is C13H21N5S. The molecule has 2 N–H and O–H groups in total. The fourth-order valence-corrected chi connectivity index (χ4v) is 2.45. The molecule has 0 bridgehead atoms. The highest BCUT2D eigenvalue weighted by Gasteiger charge is 2.03. The minimum absolute atomic E-state index is 0.690. The molecule has 19 heavy (non-hydrogen) atoms. The minimum Gasteiger partial charge on any atom is -0.356 e. The van der Waals surface area contributed by atoms with Crippen molar-refractivity contribution < 1.29 is 0 Å². The van der Waals surface area contributed by atoms with Crippen LogP contribution in [0.1, 0.15) is 26.0 Å². The van der Waals surface area contributed by atoms with Crippen LogP contribution in [0.15, 0.2) is 22.8 Å². The molecule has 0 fully saturated rings. The fraction of sp³-hybridized carbons (Fsp3) is 0.538. The van der Waals surface area contributed by atoms with Gasteiger partial charge in [0, 0.05) is 31.4 Å². The number of nitrogens with one attached hydrogen (secondary N) is 2. The highest BCUT2D eigenvalue weighted by molar-refractivity contribution is 7.15. The maximum absolute atomic E-state index is 4.52. The highest BCUT2D eigenvalue weighted by atomic mass is 32.1. The van der Waals surface area contributed by atoms with Crippen LogP contribution in [0.3, 0.4) is 0 Å². The van der Waals surface area contributed by atoms with Crippen LogP contribution < -0.4 is 10.6 Å². The Bertz CT molecular complexity index is 511. The molecule has 0 saturated carbocycles. The van der Waals surface area contributed by atoms with E-state index in [1.807, 2.05) is 22.2 Å². The van der Waals surface area contributed by atoms with E-state index < -0.39 is 0 Å². The predicted octanol–water partition coefficient (Wildman–Crippen LogP) is 2.11. The highest BCUT2D eigenvalue weighted by Crippen LogP contribution is 2.10. The molecule has 0 aliphatic carbocycles. The summed E-state index contributed by atoms with van der Waals surface area (Å²) in [5.74, 6) is 1.53. The van der Waals surface area contributed by atoms with E-state index in [2.05, 4.69) is 34.5 Å². The van der Waals surface area contributed by atoms with Crippen LogP contribution in [0.25, 0.3) is 4.96 Å². The normalized spacial score (nSPS) is 12.3. The number of aromatic nitrogens is 2. The largest absolute Gasteiger partial charge is 0.356 e. The quantitative estimate of drug-likeness (QED) is 0.651. The first-order valence-corrected chi connectivity index (χ1v) is 7.42. The van der Waals surface area contributed by atoms with Gasteiger partial charge in [0.15, 0.2) is 10.9 Å². The summed E-state index contributed by atoms with van der Waals surface area (Å²) < 4.78 is 2.04. The maximum Gasteiger partial charge on any atom is 0.193 e. The summed E-state index contributed by atoms with van der Waals surface area (Å²) in [6.45, 7) is 6.07. The second-order valence-corrected chi connectivity index (χ2v) is 5.73. The molecule has 0 amide bonds. The third-order valence-corrected chi connectivity index (χ3v) is 3.59. The van der Waals surface area contributed by atoms with Crippen LogP contribution in [0.5, 0.6) is 0 Å². The van der Waals surface area contributed by atoms with Gasteiger partial charge in [0.25, 0.3) is 0 Å². The Morgan fingerprint density at radius 1 is 1.47 bits per heavy atom. The van der Waals surface area contributed by atoms with E-state index in [0.717, 1.165) is 29.6 Å². The first kappa shape index (κ1) is 13.9. The summed E-state index contributed by atoms with van der Waals surface area (Å²) in [7, 11) is 1.79. The maximum atomic E-state index is 4.52. The van der Waals surface area contributed by atoms with Crippen molar-refractivity contribution in [1.82, 2.24) is 20.0 Å². The lowest BCUT2D eigenvalue weighted by atomic mass is 10.1. The van der Waals surface area contributed by atoms with Crippen LogP contribution in [0, 0.1) is 5.92 Å². The molecule has 5 nitrogen and oxygen atoms in total. The van der Waals surface area contributed by atoms with Gasteiger partial charge in [-0.05, 0) is 12.3 Å². The number of hydrogen-bond acceptors (Lipinski definition) is 3. The molecule has 2 heterocycles. The third kappa shape index (κ3) is 3.96. The third-order valence-electron chi connectivity index (χ3n) is 2.82. The van der Waals surface area contributed by atoms with Gasteiger partial charge in [-0.25, -0.2) is 4.98 Å². The van der Waals surface area contributed by atoms with E-state index in [-0.39, 0.29) is 0 Å². The molecule has 0 saturated heterocycles. The zero-order valence-corrected chi connectivity index (χ0v) is 12.5. The van der Waals surface area contributed by atoms with Gasteiger partial charge in [0.2, 0.25) is 0 Å². The molecule has 0 aliphatic rings. The van der Waals surface area contributed by atoms with Crippen molar-refractivity contribution in [3.05, 3.63) is 23.5 Å². The Morgan fingerprint density at radius 3 is 3.00 bits per heavy atom. The number of fused-ring (bicyclic) bond motifs is 1. The molecule has 0 unspecified atom stereocenters. The smallest absolute Gasteiger partial charge is 0.193 e. The van der Waals surface area contributed by atoms with Gasteiger partial charge in [-0.3, -0.25) is 9.39 Å². The van der Waals surface area contributed by atoms with Gasteiger partial charge in [-0.15, -0.1) is 11.3 Å². The van der Waals surface area contributed by atoms with Crippen molar-refractivity contribution in [1.29, 1.82) is 0 Å². The van der Waals surface area contributed by atoms with Crippen molar-refractivity contribution in [2.75, 3.05) is 13.6 Å². The molecule has 2 aromatic heterocycles. The van der Waals surface area contributed by atoms with Crippen LogP contribution in [-0.2, 0) is 6.54 Å². The predicted molar refractivity (Wildman–Crippen MR) is 80.7 cm³/mol. The molecular weight excluding hydrogens is 258 g/mol. The van der Waals surface area contributed by atoms with Crippen molar-refractivity contribution >= 4 is 22.3 Å². The monoisotopic (exact) mass is 279 g/mol. The summed E-state index contributed by atoms with van der Waals surface area (Å²) >= 11 is 1.64. The van der Waals surface area contributed by atoms with Gasteiger partial charge in [0.1, 0.15) is 0 Å². The first-order valence-electron chi connectivity index (χ1n) is 6.54. The molecule has 0 radical (unpaired) electrons. The number of thiazole rings is 1. The van der Waals surface area contributed by atoms with Gasteiger partial charge < -0.3 is 10.6 Å². The molecule has 0 aromatic carbocycles. The van der Waals surface area contributed by atoms with E-state index in [9.17, 15) is 0 Å². The van der Waals surface area contributed by atoms with Gasteiger partial charge in [-0.2, -0.15) is 0 Å². The van der Waals surface area contributed by atoms with Crippen molar-refractivity contribution in [2.24, 2.45) is 10.9 Å². The van der Waals surface area contributed by atoms with E-state index in [1.165, 1.54) is 0 Å². The SMILES string of the molecule is CN=C(NCCC(C)C)NCc1cn2ccsc2n1. The second kappa shape index (κ2) is 6.56. The average molecular weight is 279 g/mol. The molecule has 2 rings (SSSR count). The fourth-order valence-electron chi connectivity index (χ4n) is 1.74. The van der Waals surface area contributed by atoms with Gasteiger partial charge in [0.05, 0.1) is 12.2 Å². The summed E-state index contributed by atoms with van der Waals surface area (Å²) in [6, 6.07) is 0. The zero-order valence-electron chi connectivity index (χ0n) is 11.7. The average Bonchev–Trinajstić information content (AvgIpc) is 2.93. The molecule has 0 atom stereocenters. The Morgan fingerprint density at radius 2 is 2.32 bits per heavy atom. The van der Waals surface area contributed by atoms with Gasteiger partial charge in [-0.1, -0.05) is 13.8 Å². The molecule has 6 heteroatoms. The Hall–Kier alpha value is -1.56. The van der Waals surface area contributed by atoms with Crippen molar-refractivity contribution in [3.8, 4) is 0 Å². The molecule has 0 aliphatic heterocycles. The van der Waals surface area contributed by atoms with Crippen LogP contribution in [0.2, 0.25) is 0 Å². The number of nitrogens with zero attached hydrogens (tertiary/aromatic N) is 3. The number of aliphatic imine (C=N–C) groups is 1. The Balaban J connectivity index is 1.81. The van der Waals surface area contributed by atoms with Crippen molar-refractivity contribution in [3.63, 3.8) is 0 Å². The molecule has 2 aromatic rings. The lowest BCUT2D eigenvalue weighted by Crippen LogP contribution is -2.37. The second-order valence-electron chi connectivity index (χ2n) is 4.86. The van der Waals surface area contributed by atoms with E-state index in [1.54, 1.807) is 18.4 Å². The standard InChI is InChI=1S/C13H21N5S/c1-10(2)4-5-15-12(14-3)16-8-11-9-18-6-7-19-13(18)17-11/h6-7,9-10H,4-5,8H2,1-3H3,(H2,14,15,16). The Labute approximate surface area is 117 Å². The number of rotatable bonds is 5. The molecule has 104 valence electrons. The zero-order chi connectivity index (χ0) is 13.7. The van der Waals surface area contributed by atoms with Crippen LogP contribution in [0.4, 0.5) is 0 Å². The number of hydrogen-bond donors (Lipinski definition) is 2. The summed E-state index contributed by atoms with van der Waals surface area (Å²) in [6.07, 6.45) is 5.20. The lowest BCUT2D eigenvalue weighted by molar-refractivity contribution is 0.573. The minimum atomic E-state index is 0.690. The summed E-state index contributed by atoms with van der Waals surface area (Å²) in [5, 5.41) is 8.62. The van der Waals surface area contributed by atoms with Crippen molar-refractivity contribution in [2.45, 2.75) is 26.8 Å². The molecule has 0 spiro atoms. The van der Waals surface area contributed by atoms with Gasteiger partial charge >= 0.3 is 0 Å². The summed E-state index contributed by atoms with van der Waals surface area (Å²) in [5.41, 5.74) is 1.03. The van der Waals surface area contributed by atoms with E-state index in [0.29, 0.717) is 12.5 Å². The van der Waals surface area contributed by atoms with Crippen LogP contribution in [-0.4, -0.2) is 28.9 Å². The first-order chi connectivity index (χ1) is 9.19. The number of guanidine groups is 1. The summed E-state index contributed by atoms with van der Waals surface area (Å²) in [4.78, 5) is 9.76. The number of imidazole rings is 1. The van der Waals surface area contributed by atoms with E-state index in [4.69, 9.17) is 0 Å². The van der Waals surface area contributed by atoms with Crippen LogP contribution >= 0.6 is 11.3 Å².